The summed E-state index contributed by atoms with van der Waals surface area (Å²) in [5, 5.41) is 3.80. The van der Waals surface area contributed by atoms with E-state index in [-0.39, 0.29) is 0 Å². The van der Waals surface area contributed by atoms with Gasteiger partial charge in [-0.05, 0) is 38.1 Å². The van der Waals surface area contributed by atoms with Crippen molar-refractivity contribution in [3.05, 3.63) is 0 Å². The number of hydrogen-bond donors (Lipinski definition) is 1. The lowest BCUT2D eigenvalue weighted by Crippen LogP contribution is -2.29. The number of rotatable bonds is 5. The fraction of sp³-hybridized carbons (Fsp3) is 1.00. The number of nitrogens with one attached hydrogen (secondary N) is 1. The van der Waals surface area contributed by atoms with Crippen LogP contribution in [0, 0.1) is 5.92 Å². The molecule has 0 atom stereocenters. The maximum absolute atomic E-state index is 3.80. The Balaban J connectivity index is 1.49. The summed E-state index contributed by atoms with van der Waals surface area (Å²) < 4.78 is 0. The van der Waals surface area contributed by atoms with E-state index in [9.17, 15) is 0 Å². The molecule has 2 saturated carbocycles. The SMILES string of the molecule is C1CCC(CCCNC2CCCCCC2)CC1. The third-order valence-electron chi connectivity index (χ3n) is 4.80. The molecule has 0 bridgehead atoms. The Hall–Kier alpha value is -0.0400. The van der Waals surface area contributed by atoms with Crippen LogP contribution in [0.2, 0.25) is 0 Å². The van der Waals surface area contributed by atoms with Gasteiger partial charge < -0.3 is 5.32 Å². The van der Waals surface area contributed by atoms with E-state index in [0.29, 0.717) is 0 Å². The fourth-order valence-electron chi connectivity index (χ4n) is 3.66. The Kier molecular flexibility index (Phi) is 6.41. The van der Waals surface area contributed by atoms with Gasteiger partial charge in [-0.15, -0.1) is 0 Å². The molecule has 0 heterocycles. The fourth-order valence-corrected chi connectivity index (χ4v) is 3.66. The summed E-state index contributed by atoms with van der Waals surface area (Å²) in [4.78, 5) is 0. The van der Waals surface area contributed by atoms with E-state index in [0.717, 1.165) is 12.0 Å². The predicted octanol–water partition coefficient (Wildman–Crippen LogP) is 4.66. The van der Waals surface area contributed by atoms with Gasteiger partial charge >= 0.3 is 0 Å². The Morgan fingerprint density at radius 3 is 2.00 bits per heavy atom. The second-order valence-electron chi connectivity index (χ2n) is 6.29. The van der Waals surface area contributed by atoms with Crippen LogP contribution in [-0.2, 0) is 0 Å². The molecule has 2 fully saturated rings. The minimum absolute atomic E-state index is 0.851. The van der Waals surface area contributed by atoms with Crippen molar-refractivity contribution >= 4 is 0 Å². The van der Waals surface area contributed by atoms with Gasteiger partial charge in [-0.25, -0.2) is 0 Å². The maximum atomic E-state index is 3.80. The predicted molar refractivity (Wildman–Crippen MR) is 75.3 cm³/mol. The van der Waals surface area contributed by atoms with Gasteiger partial charge in [0.25, 0.3) is 0 Å². The zero-order chi connectivity index (χ0) is 11.8. The van der Waals surface area contributed by atoms with Crippen LogP contribution in [0.15, 0.2) is 0 Å². The van der Waals surface area contributed by atoms with E-state index >= 15 is 0 Å². The largest absolute Gasteiger partial charge is 0.314 e. The molecule has 2 aliphatic carbocycles. The van der Waals surface area contributed by atoms with E-state index in [4.69, 9.17) is 0 Å². The molecule has 0 spiro atoms. The highest BCUT2D eigenvalue weighted by Gasteiger charge is 2.14. The van der Waals surface area contributed by atoms with Crippen LogP contribution in [0.4, 0.5) is 0 Å². The van der Waals surface area contributed by atoms with Gasteiger partial charge in [0.1, 0.15) is 0 Å². The third kappa shape index (κ3) is 5.42. The molecule has 0 radical (unpaired) electrons. The first-order chi connectivity index (χ1) is 8.45. The smallest absolute Gasteiger partial charge is 0.00670 e. The lowest BCUT2D eigenvalue weighted by Gasteiger charge is -2.22. The van der Waals surface area contributed by atoms with E-state index < -0.39 is 0 Å². The average molecular weight is 237 g/mol. The Morgan fingerprint density at radius 2 is 1.29 bits per heavy atom. The number of hydrogen-bond acceptors (Lipinski definition) is 1. The molecule has 1 nitrogen and oxygen atoms in total. The first-order valence-corrected chi connectivity index (χ1v) is 8.18. The van der Waals surface area contributed by atoms with Crippen molar-refractivity contribution in [2.24, 2.45) is 5.92 Å². The van der Waals surface area contributed by atoms with E-state index in [1.807, 2.05) is 0 Å². The van der Waals surface area contributed by atoms with E-state index in [2.05, 4.69) is 5.32 Å². The Labute approximate surface area is 108 Å². The standard InChI is InChI=1S/C16H31N/c1-2-7-13-16(12-6-1)17-14-8-11-15-9-4-3-5-10-15/h15-17H,1-14H2. The molecule has 0 unspecified atom stereocenters. The monoisotopic (exact) mass is 237 g/mol. The van der Waals surface area contributed by atoms with Gasteiger partial charge in [-0.2, -0.15) is 0 Å². The molecule has 1 N–H and O–H groups in total. The van der Waals surface area contributed by atoms with E-state index in [1.54, 1.807) is 0 Å². The van der Waals surface area contributed by atoms with Crippen LogP contribution in [0.5, 0.6) is 0 Å². The Bertz CT molecular complexity index is 176. The molecule has 0 saturated heterocycles. The molecule has 1 heteroatoms. The molecule has 17 heavy (non-hydrogen) atoms. The first-order valence-electron chi connectivity index (χ1n) is 8.18. The molecule has 0 aromatic rings. The van der Waals surface area contributed by atoms with Gasteiger partial charge in [0.2, 0.25) is 0 Å². The first kappa shape index (κ1) is 13.4. The van der Waals surface area contributed by atoms with Crippen LogP contribution in [0.25, 0.3) is 0 Å². The van der Waals surface area contributed by atoms with Crippen LogP contribution >= 0.6 is 0 Å². The van der Waals surface area contributed by atoms with Crippen molar-refractivity contribution in [1.82, 2.24) is 5.32 Å². The van der Waals surface area contributed by atoms with Gasteiger partial charge in [0.05, 0.1) is 0 Å². The normalized spacial score (nSPS) is 24.7. The lowest BCUT2D eigenvalue weighted by atomic mass is 9.86. The molecule has 0 amide bonds. The van der Waals surface area contributed by atoms with Crippen molar-refractivity contribution in [1.29, 1.82) is 0 Å². The summed E-state index contributed by atoms with van der Waals surface area (Å²) in [5.41, 5.74) is 0. The summed E-state index contributed by atoms with van der Waals surface area (Å²) in [6.07, 6.45) is 19.2. The van der Waals surface area contributed by atoms with Gasteiger partial charge in [0, 0.05) is 6.04 Å². The minimum Gasteiger partial charge on any atom is -0.314 e. The van der Waals surface area contributed by atoms with Crippen molar-refractivity contribution in [2.75, 3.05) is 6.54 Å². The van der Waals surface area contributed by atoms with Crippen LogP contribution in [0.1, 0.15) is 83.5 Å². The molecule has 2 aliphatic rings. The Morgan fingerprint density at radius 1 is 0.706 bits per heavy atom. The zero-order valence-electron chi connectivity index (χ0n) is 11.6. The summed E-state index contributed by atoms with van der Waals surface area (Å²) in [6.45, 7) is 1.28. The summed E-state index contributed by atoms with van der Waals surface area (Å²) >= 11 is 0. The molecule has 0 aromatic carbocycles. The van der Waals surface area contributed by atoms with Crippen molar-refractivity contribution in [3.63, 3.8) is 0 Å². The zero-order valence-corrected chi connectivity index (χ0v) is 11.6. The highest BCUT2D eigenvalue weighted by Crippen LogP contribution is 2.27. The molecule has 100 valence electrons. The van der Waals surface area contributed by atoms with Crippen LogP contribution < -0.4 is 5.32 Å². The molecule has 0 aromatic heterocycles. The van der Waals surface area contributed by atoms with Crippen molar-refractivity contribution < 1.29 is 0 Å². The second kappa shape index (κ2) is 8.13. The molecule has 0 aliphatic heterocycles. The summed E-state index contributed by atoms with van der Waals surface area (Å²) in [5.74, 6) is 1.07. The summed E-state index contributed by atoms with van der Waals surface area (Å²) in [7, 11) is 0. The molecular formula is C16H31N. The van der Waals surface area contributed by atoms with Crippen molar-refractivity contribution in [2.45, 2.75) is 89.5 Å². The van der Waals surface area contributed by atoms with Crippen LogP contribution in [-0.4, -0.2) is 12.6 Å². The van der Waals surface area contributed by atoms with Gasteiger partial charge in [-0.1, -0.05) is 57.8 Å². The minimum atomic E-state index is 0.851. The third-order valence-corrected chi connectivity index (χ3v) is 4.80. The highest BCUT2D eigenvalue weighted by atomic mass is 14.9. The van der Waals surface area contributed by atoms with Crippen LogP contribution in [0.3, 0.4) is 0 Å². The lowest BCUT2D eigenvalue weighted by molar-refractivity contribution is 0.326. The van der Waals surface area contributed by atoms with Gasteiger partial charge in [-0.3, -0.25) is 0 Å². The van der Waals surface area contributed by atoms with E-state index in [1.165, 1.54) is 90.0 Å². The molecular weight excluding hydrogens is 206 g/mol. The summed E-state index contributed by atoms with van der Waals surface area (Å²) in [6, 6.07) is 0.851. The average Bonchev–Trinajstić information content (AvgIpc) is 2.65. The highest BCUT2D eigenvalue weighted by molar-refractivity contribution is 4.71. The second-order valence-corrected chi connectivity index (χ2v) is 6.29. The quantitative estimate of drug-likeness (QED) is 0.542. The topological polar surface area (TPSA) is 12.0 Å². The maximum Gasteiger partial charge on any atom is 0.00670 e. The van der Waals surface area contributed by atoms with Gasteiger partial charge in [0.15, 0.2) is 0 Å². The van der Waals surface area contributed by atoms with Crippen molar-refractivity contribution in [3.8, 4) is 0 Å². The molecule has 2 rings (SSSR count).